The molecule has 4 amide bonds. The number of para-hydroxylation sites is 1. The quantitative estimate of drug-likeness (QED) is 0.264. The van der Waals surface area contributed by atoms with Crippen LogP contribution in [0.1, 0.15) is 77.5 Å². The van der Waals surface area contributed by atoms with Crippen molar-refractivity contribution in [2.24, 2.45) is 11.7 Å². The van der Waals surface area contributed by atoms with Crippen molar-refractivity contribution in [2.45, 2.75) is 91.0 Å². The zero-order valence-electron chi connectivity index (χ0n) is 24.1. The van der Waals surface area contributed by atoms with Gasteiger partial charge in [-0.15, -0.1) is 0 Å². The third-order valence-corrected chi connectivity index (χ3v) is 6.37. The number of aromatic hydroxyl groups is 1. The van der Waals surface area contributed by atoms with Gasteiger partial charge in [-0.3, -0.25) is 19.2 Å². The molecule has 5 N–H and O–H groups in total. The number of aryl methyl sites for hydroxylation is 1. The number of amides is 4. The molecule has 0 aliphatic heterocycles. The van der Waals surface area contributed by atoms with E-state index in [0.29, 0.717) is 12.0 Å². The number of nitrogens with one attached hydrogen (secondary N) is 2. The third-order valence-electron chi connectivity index (χ3n) is 6.37. The average molecular weight is 563 g/mol. The highest BCUT2D eigenvalue weighted by molar-refractivity contribution is 5.93. The van der Waals surface area contributed by atoms with Gasteiger partial charge in [0, 0.05) is 24.6 Å². The fraction of sp³-hybridized carbons (Fsp3) is 0.607. The monoisotopic (exact) mass is 562 g/mol. The number of rotatable bonds is 13. The summed E-state index contributed by atoms with van der Waals surface area (Å²) < 4.78 is 10.2. The Labute approximate surface area is 234 Å². The largest absolute Gasteiger partial charge is 0.507 e. The molecular formula is C28H42N4O8. The summed E-state index contributed by atoms with van der Waals surface area (Å²) in [6, 6.07) is 1.96. The fourth-order valence-electron chi connectivity index (χ4n) is 4.28. The van der Waals surface area contributed by atoms with Crippen molar-refractivity contribution in [1.29, 1.82) is 0 Å². The molecule has 0 radical (unpaired) electrons. The van der Waals surface area contributed by atoms with E-state index in [1.54, 1.807) is 52.8 Å². The van der Waals surface area contributed by atoms with Crippen LogP contribution >= 0.6 is 0 Å². The van der Waals surface area contributed by atoms with E-state index >= 15 is 0 Å². The molecule has 4 unspecified atom stereocenters. The van der Waals surface area contributed by atoms with Crippen LogP contribution in [0.25, 0.3) is 0 Å². The number of carbonyl (C=O) groups excluding carboxylic acids is 5. The molecule has 1 saturated carbocycles. The number of nitrogens with zero attached hydrogens (tertiary/aromatic N) is 1. The molecule has 12 heteroatoms. The SMILES string of the molecule is CCOC(=O)CCNC(=O)C(c1cccc(C)c1O)N(C(=O)C(CCC(N)=O)NC(=O)OC(C)(C)C)C1CC1C. The van der Waals surface area contributed by atoms with Crippen molar-refractivity contribution in [3.63, 3.8) is 0 Å². The Balaban J connectivity index is 2.49. The number of benzene rings is 1. The summed E-state index contributed by atoms with van der Waals surface area (Å²) in [7, 11) is 0. The van der Waals surface area contributed by atoms with Gasteiger partial charge in [-0.05, 0) is 58.9 Å². The Morgan fingerprint density at radius 1 is 1.18 bits per heavy atom. The minimum atomic E-state index is -1.29. The van der Waals surface area contributed by atoms with E-state index in [9.17, 15) is 29.1 Å². The van der Waals surface area contributed by atoms with Gasteiger partial charge in [0.15, 0.2) is 0 Å². The number of hydrogen-bond donors (Lipinski definition) is 4. The molecule has 0 bridgehead atoms. The Bertz CT molecular complexity index is 1100. The van der Waals surface area contributed by atoms with Crippen LogP contribution < -0.4 is 16.4 Å². The van der Waals surface area contributed by atoms with Crippen LogP contribution in [0, 0.1) is 12.8 Å². The van der Waals surface area contributed by atoms with Crippen molar-refractivity contribution >= 4 is 29.8 Å². The van der Waals surface area contributed by atoms with Gasteiger partial charge >= 0.3 is 12.1 Å². The van der Waals surface area contributed by atoms with E-state index in [1.165, 1.54) is 4.90 Å². The summed E-state index contributed by atoms with van der Waals surface area (Å²) in [4.78, 5) is 65.2. The molecule has 1 aliphatic carbocycles. The van der Waals surface area contributed by atoms with Crippen LogP contribution in [-0.2, 0) is 28.7 Å². The molecule has 2 rings (SSSR count). The maximum Gasteiger partial charge on any atom is 0.408 e. The molecule has 1 aliphatic rings. The van der Waals surface area contributed by atoms with Gasteiger partial charge in [-0.25, -0.2) is 4.79 Å². The normalized spacial score (nSPS) is 17.6. The number of esters is 1. The minimum Gasteiger partial charge on any atom is -0.507 e. The second kappa shape index (κ2) is 14.0. The van der Waals surface area contributed by atoms with Crippen molar-refractivity contribution < 1.29 is 38.6 Å². The van der Waals surface area contributed by atoms with Gasteiger partial charge in [-0.1, -0.05) is 25.1 Å². The first kappa shape index (κ1) is 32.4. The second-order valence-corrected chi connectivity index (χ2v) is 11.0. The minimum absolute atomic E-state index is 0.0315. The van der Waals surface area contributed by atoms with Crippen LogP contribution in [0.2, 0.25) is 0 Å². The number of hydrogen-bond acceptors (Lipinski definition) is 8. The first-order valence-electron chi connectivity index (χ1n) is 13.5. The standard InChI is InChI=1S/C28H42N4O8/c1-7-39-22(34)13-14-30-25(36)23(18-10-8-9-16(2)24(18)35)32(20-15-17(20)3)26(37)19(11-12-21(29)33)31-27(38)40-28(4,5)6/h8-10,17,19-20,23,35H,7,11-15H2,1-6H3,(H2,29,33)(H,30,36)(H,31,38). The van der Waals surface area contributed by atoms with Crippen LogP contribution in [0.5, 0.6) is 5.75 Å². The molecule has 40 heavy (non-hydrogen) atoms. The molecule has 0 heterocycles. The molecule has 1 fully saturated rings. The fourth-order valence-corrected chi connectivity index (χ4v) is 4.28. The first-order valence-corrected chi connectivity index (χ1v) is 13.5. The Kier molecular flexibility index (Phi) is 11.3. The maximum atomic E-state index is 14.1. The highest BCUT2D eigenvalue weighted by Gasteiger charge is 2.48. The van der Waals surface area contributed by atoms with E-state index in [1.807, 2.05) is 6.92 Å². The number of phenols is 1. The van der Waals surface area contributed by atoms with Crippen molar-refractivity contribution in [1.82, 2.24) is 15.5 Å². The Morgan fingerprint density at radius 2 is 1.82 bits per heavy atom. The van der Waals surface area contributed by atoms with Crippen LogP contribution in [0.4, 0.5) is 4.79 Å². The van der Waals surface area contributed by atoms with Crippen molar-refractivity contribution in [3.8, 4) is 5.75 Å². The molecule has 4 atom stereocenters. The van der Waals surface area contributed by atoms with Gasteiger partial charge < -0.3 is 35.8 Å². The van der Waals surface area contributed by atoms with Crippen LogP contribution in [-0.4, -0.2) is 70.6 Å². The maximum absolute atomic E-state index is 14.1. The highest BCUT2D eigenvalue weighted by atomic mass is 16.6. The van der Waals surface area contributed by atoms with Crippen LogP contribution in [0.15, 0.2) is 18.2 Å². The summed E-state index contributed by atoms with van der Waals surface area (Å²) in [5, 5.41) is 16.2. The topological polar surface area (TPSA) is 177 Å². The van der Waals surface area contributed by atoms with E-state index in [0.717, 1.165) is 0 Å². The third kappa shape index (κ3) is 9.42. The molecule has 1 aromatic carbocycles. The van der Waals surface area contributed by atoms with Gasteiger partial charge in [0.2, 0.25) is 17.7 Å². The lowest BCUT2D eigenvalue weighted by molar-refractivity contribution is -0.145. The molecule has 0 saturated heterocycles. The lowest BCUT2D eigenvalue weighted by Gasteiger charge is -2.35. The molecule has 222 valence electrons. The second-order valence-electron chi connectivity index (χ2n) is 11.0. The average Bonchev–Trinajstić information content (AvgIpc) is 3.56. The number of ether oxygens (including phenoxy) is 2. The molecule has 1 aromatic rings. The molecule has 0 spiro atoms. The zero-order chi connectivity index (χ0) is 30.2. The van der Waals surface area contributed by atoms with Gasteiger partial charge in [0.25, 0.3) is 0 Å². The highest BCUT2D eigenvalue weighted by Crippen LogP contribution is 2.43. The number of carbonyl (C=O) groups is 5. The lowest BCUT2D eigenvalue weighted by Crippen LogP contribution is -2.54. The smallest absolute Gasteiger partial charge is 0.408 e. The number of alkyl carbamates (subject to hydrolysis) is 1. The predicted molar refractivity (Wildman–Crippen MR) is 146 cm³/mol. The zero-order valence-corrected chi connectivity index (χ0v) is 24.1. The van der Waals surface area contributed by atoms with Gasteiger partial charge in [-0.2, -0.15) is 0 Å². The Morgan fingerprint density at radius 3 is 2.38 bits per heavy atom. The number of primary amides is 1. The van der Waals surface area contributed by atoms with Crippen LogP contribution in [0.3, 0.4) is 0 Å². The summed E-state index contributed by atoms with van der Waals surface area (Å²) in [6.45, 7) is 10.4. The van der Waals surface area contributed by atoms with Crippen molar-refractivity contribution in [3.05, 3.63) is 29.3 Å². The first-order chi connectivity index (χ1) is 18.7. The van der Waals surface area contributed by atoms with Crippen molar-refractivity contribution in [2.75, 3.05) is 13.2 Å². The van der Waals surface area contributed by atoms with E-state index in [-0.39, 0.29) is 55.7 Å². The lowest BCUT2D eigenvalue weighted by atomic mass is 9.98. The van der Waals surface area contributed by atoms with Gasteiger partial charge in [0.05, 0.1) is 13.0 Å². The molecule has 12 nitrogen and oxygen atoms in total. The number of nitrogens with two attached hydrogens (primary N) is 1. The van der Waals surface area contributed by atoms with E-state index in [4.69, 9.17) is 15.2 Å². The Hall–Kier alpha value is -3.83. The molecule has 0 aromatic heterocycles. The van der Waals surface area contributed by atoms with E-state index < -0.39 is 47.5 Å². The van der Waals surface area contributed by atoms with E-state index in [2.05, 4.69) is 10.6 Å². The number of phenolic OH excluding ortho intramolecular Hbond substituents is 1. The summed E-state index contributed by atoms with van der Waals surface area (Å²) >= 11 is 0. The summed E-state index contributed by atoms with van der Waals surface area (Å²) in [5.41, 5.74) is 5.17. The summed E-state index contributed by atoms with van der Waals surface area (Å²) in [5.74, 6) is -2.54. The predicted octanol–water partition coefficient (Wildman–Crippen LogP) is 2.21. The molecular weight excluding hydrogens is 520 g/mol. The summed E-state index contributed by atoms with van der Waals surface area (Å²) in [6.07, 6.45) is -0.691. The van der Waals surface area contributed by atoms with Gasteiger partial charge in [0.1, 0.15) is 23.4 Å².